The van der Waals surface area contributed by atoms with Gasteiger partial charge in [0.2, 0.25) is 0 Å². The molecule has 0 unspecified atom stereocenters. The highest BCUT2D eigenvalue weighted by molar-refractivity contribution is 14.1. The number of aryl methyl sites for hydroxylation is 1. The highest BCUT2D eigenvalue weighted by atomic mass is 127. The lowest BCUT2D eigenvalue weighted by Gasteiger charge is -2.02. The third-order valence-electron chi connectivity index (χ3n) is 2.89. The molecule has 0 amide bonds. The fraction of sp³-hybridized carbons (Fsp3) is 0.429. The first-order valence-electron chi connectivity index (χ1n) is 6.50. The number of hydrogen-bond acceptors (Lipinski definition) is 5. The number of methoxy groups -OCH3 is 1. The molecule has 0 atom stereocenters. The second-order valence-electron chi connectivity index (χ2n) is 4.43. The molecular formula is C14H18IN3OS. The van der Waals surface area contributed by atoms with E-state index in [0.29, 0.717) is 0 Å². The summed E-state index contributed by atoms with van der Waals surface area (Å²) in [6, 6.07) is 6.29. The van der Waals surface area contributed by atoms with Gasteiger partial charge >= 0.3 is 0 Å². The van der Waals surface area contributed by atoms with Gasteiger partial charge in [0.15, 0.2) is 0 Å². The second-order valence-corrected chi connectivity index (χ2v) is 6.57. The smallest absolute Gasteiger partial charge is 0.148 e. The van der Waals surface area contributed by atoms with E-state index in [4.69, 9.17) is 4.74 Å². The van der Waals surface area contributed by atoms with Gasteiger partial charge in [-0.1, -0.05) is 29.5 Å². The summed E-state index contributed by atoms with van der Waals surface area (Å²) in [4.78, 5) is 0. The first-order valence-corrected chi connectivity index (χ1v) is 8.39. The minimum absolute atomic E-state index is 0.739. The van der Waals surface area contributed by atoms with Crippen LogP contribution >= 0.6 is 33.9 Å². The van der Waals surface area contributed by atoms with Gasteiger partial charge < -0.3 is 10.1 Å². The minimum atomic E-state index is 0.739. The average molecular weight is 403 g/mol. The molecular weight excluding hydrogens is 385 g/mol. The summed E-state index contributed by atoms with van der Waals surface area (Å²) in [7, 11) is 1.71. The van der Waals surface area contributed by atoms with Crippen LogP contribution < -0.4 is 5.32 Å². The monoisotopic (exact) mass is 403 g/mol. The van der Waals surface area contributed by atoms with E-state index in [9.17, 15) is 0 Å². The molecule has 1 N–H and O–H groups in total. The van der Waals surface area contributed by atoms with Crippen LogP contribution in [0.15, 0.2) is 18.2 Å². The van der Waals surface area contributed by atoms with Crippen LogP contribution in [0.1, 0.15) is 10.6 Å². The number of ether oxygens (including phenoxy) is 1. The molecule has 2 aromatic rings. The zero-order valence-electron chi connectivity index (χ0n) is 11.6. The summed E-state index contributed by atoms with van der Waals surface area (Å²) in [5.74, 6) is 0. The van der Waals surface area contributed by atoms with Crippen molar-refractivity contribution in [2.24, 2.45) is 0 Å². The van der Waals surface area contributed by atoms with Crippen LogP contribution in [-0.2, 0) is 11.2 Å². The third kappa shape index (κ3) is 4.21. The van der Waals surface area contributed by atoms with Crippen molar-refractivity contribution in [2.75, 3.05) is 26.8 Å². The quantitative estimate of drug-likeness (QED) is 0.571. The SMILES string of the molecule is COCCNCCc1nnc(-c2cccc(C)c2I)s1. The molecule has 0 aliphatic heterocycles. The topological polar surface area (TPSA) is 47.0 Å². The predicted molar refractivity (Wildman–Crippen MR) is 91.2 cm³/mol. The predicted octanol–water partition coefficient (Wildman–Crippen LogP) is 2.90. The van der Waals surface area contributed by atoms with Gasteiger partial charge in [-0.25, -0.2) is 0 Å². The van der Waals surface area contributed by atoms with Crippen molar-refractivity contribution >= 4 is 33.9 Å². The van der Waals surface area contributed by atoms with Crippen LogP contribution in [0.4, 0.5) is 0 Å². The van der Waals surface area contributed by atoms with Gasteiger partial charge in [-0.05, 0) is 35.1 Å². The summed E-state index contributed by atoms with van der Waals surface area (Å²) in [6.45, 7) is 4.64. The molecule has 6 heteroatoms. The Labute approximate surface area is 137 Å². The zero-order chi connectivity index (χ0) is 14.4. The number of aromatic nitrogens is 2. The maximum absolute atomic E-state index is 4.99. The van der Waals surface area contributed by atoms with Crippen LogP contribution in [0, 0.1) is 10.5 Å². The fourth-order valence-electron chi connectivity index (χ4n) is 1.77. The van der Waals surface area contributed by atoms with Crippen molar-refractivity contribution in [3.8, 4) is 10.6 Å². The van der Waals surface area contributed by atoms with Crippen molar-refractivity contribution in [3.05, 3.63) is 32.3 Å². The molecule has 108 valence electrons. The first-order chi connectivity index (χ1) is 9.72. The van der Waals surface area contributed by atoms with E-state index in [1.54, 1.807) is 18.4 Å². The third-order valence-corrected chi connectivity index (χ3v) is 5.34. The van der Waals surface area contributed by atoms with E-state index >= 15 is 0 Å². The fourth-order valence-corrected chi connectivity index (χ4v) is 3.44. The number of benzene rings is 1. The minimum Gasteiger partial charge on any atom is -0.383 e. The number of halogens is 1. The van der Waals surface area contributed by atoms with Crippen molar-refractivity contribution in [1.29, 1.82) is 0 Å². The van der Waals surface area contributed by atoms with Gasteiger partial charge in [-0.3, -0.25) is 0 Å². The average Bonchev–Trinajstić information content (AvgIpc) is 2.90. The molecule has 1 aromatic carbocycles. The van der Waals surface area contributed by atoms with Gasteiger partial charge in [0.1, 0.15) is 10.0 Å². The number of nitrogens with zero attached hydrogens (tertiary/aromatic N) is 2. The molecule has 0 saturated heterocycles. The molecule has 0 aliphatic carbocycles. The Kier molecular flexibility index (Phi) is 6.34. The van der Waals surface area contributed by atoms with Gasteiger partial charge in [-0.15, -0.1) is 10.2 Å². The lowest BCUT2D eigenvalue weighted by Crippen LogP contribution is -2.21. The molecule has 1 heterocycles. The molecule has 0 radical (unpaired) electrons. The highest BCUT2D eigenvalue weighted by Crippen LogP contribution is 2.29. The molecule has 0 saturated carbocycles. The Morgan fingerprint density at radius 1 is 1.30 bits per heavy atom. The maximum Gasteiger partial charge on any atom is 0.148 e. The van der Waals surface area contributed by atoms with Gasteiger partial charge in [0, 0.05) is 35.8 Å². The normalized spacial score (nSPS) is 10.9. The summed E-state index contributed by atoms with van der Waals surface area (Å²) < 4.78 is 6.25. The molecule has 0 aliphatic rings. The Hall–Kier alpha value is -0.570. The Bertz CT molecular complexity index is 559. The Balaban J connectivity index is 1.97. The zero-order valence-corrected chi connectivity index (χ0v) is 14.6. The van der Waals surface area contributed by atoms with Crippen LogP contribution in [0.5, 0.6) is 0 Å². The lowest BCUT2D eigenvalue weighted by atomic mass is 10.1. The molecule has 1 aromatic heterocycles. The van der Waals surface area contributed by atoms with Crippen LogP contribution in [-0.4, -0.2) is 37.0 Å². The number of rotatable bonds is 7. The second kappa shape index (κ2) is 8.02. The van der Waals surface area contributed by atoms with E-state index in [2.05, 4.69) is 63.2 Å². The largest absolute Gasteiger partial charge is 0.383 e. The summed E-state index contributed by atoms with van der Waals surface area (Å²) >= 11 is 4.05. The van der Waals surface area contributed by atoms with Crippen molar-refractivity contribution in [2.45, 2.75) is 13.3 Å². The Morgan fingerprint density at radius 2 is 2.15 bits per heavy atom. The first kappa shape index (κ1) is 15.8. The number of hydrogen-bond donors (Lipinski definition) is 1. The lowest BCUT2D eigenvalue weighted by molar-refractivity contribution is 0.199. The molecule has 4 nitrogen and oxygen atoms in total. The van der Waals surface area contributed by atoms with E-state index in [1.807, 2.05) is 0 Å². The maximum atomic E-state index is 4.99. The molecule has 0 spiro atoms. The molecule has 0 bridgehead atoms. The van der Waals surface area contributed by atoms with Gasteiger partial charge in [0.25, 0.3) is 0 Å². The number of nitrogens with one attached hydrogen (secondary N) is 1. The summed E-state index contributed by atoms with van der Waals surface area (Å²) in [5, 5.41) is 14.0. The summed E-state index contributed by atoms with van der Waals surface area (Å²) in [5.41, 5.74) is 2.46. The van der Waals surface area contributed by atoms with Gasteiger partial charge in [-0.2, -0.15) is 0 Å². The standard InChI is InChI=1S/C14H18IN3OS/c1-10-4-3-5-11(13(10)15)14-18-17-12(20-14)6-7-16-8-9-19-2/h3-5,16H,6-9H2,1-2H3. The van der Waals surface area contributed by atoms with Crippen LogP contribution in [0.3, 0.4) is 0 Å². The van der Waals surface area contributed by atoms with Crippen molar-refractivity contribution in [1.82, 2.24) is 15.5 Å². The highest BCUT2D eigenvalue weighted by Gasteiger charge is 2.10. The molecule has 20 heavy (non-hydrogen) atoms. The van der Waals surface area contributed by atoms with Crippen molar-refractivity contribution in [3.63, 3.8) is 0 Å². The van der Waals surface area contributed by atoms with E-state index in [0.717, 1.165) is 36.1 Å². The molecule has 2 rings (SSSR count). The van der Waals surface area contributed by atoms with E-state index in [-0.39, 0.29) is 0 Å². The molecule has 0 fully saturated rings. The summed E-state index contributed by atoms with van der Waals surface area (Å²) in [6.07, 6.45) is 0.907. The van der Waals surface area contributed by atoms with Crippen LogP contribution in [0.25, 0.3) is 10.6 Å². The Morgan fingerprint density at radius 3 is 2.95 bits per heavy atom. The van der Waals surface area contributed by atoms with Gasteiger partial charge in [0.05, 0.1) is 6.61 Å². The van der Waals surface area contributed by atoms with Crippen molar-refractivity contribution < 1.29 is 4.74 Å². The van der Waals surface area contributed by atoms with E-state index < -0.39 is 0 Å². The van der Waals surface area contributed by atoms with Crippen LogP contribution in [0.2, 0.25) is 0 Å². The van der Waals surface area contributed by atoms with E-state index in [1.165, 1.54) is 14.7 Å².